The largest absolute Gasteiger partial charge is 0.485 e. The fraction of sp³-hybridized carbons (Fsp3) is 0.231. The van der Waals surface area contributed by atoms with Crippen molar-refractivity contribution in [2.45, 2.75) is 6.61 Å². The highest BCUT2D eigenvalue weighted by atomic mass is 35.5. The lowest BCUT2D eigenvalue weighted by atomic mass is 10.0. The maximum atomic E-state index is 16.1. The summed E-state index contributed by atoms with van der Waals surface area (Å²) in [6, 6.07) is 5.46. The Balaban J connectivity index is 1.51. The number of ether oxygens (including phenoxy) is 1. The molecule has 3 heterocycles. The molecule has 2 aromatic carbocycles. The molecule has 0 saturated carbocycles. The van der Waals surface area contributed by atoms with Crippen LogP contribution < -0.4 is 9.64 Å². The predicted octanol–water partition coefficient (Wildman–Crippen LogP) is 4.28. The zero-order valence-corrected chi connectivity index (χ0v) is 21.9. The highest BCUT2D eigenvalue weighted by molar-refractivity contribution is 6.34. The summed E-state index contributed by atoms with van der Waals surface area (Å²) in [5.41, 5.74) is -0.186. The molecule has 11 nitrogen and oxygen atoms in total. The van der Waals surface area contributed by atoms with E-state index in [4.69, 9.17) is 16.3 Å². The van der Waals surface area contributed by atoms with Gasteiger partial charge in [-0.15, -0.1) is 0 Å². The number of nitrogens with zero attached hydrogens (tertiary/aromatic N) is 7. The minimum absolute atomic E-state index is 0.0266. The van der Waals surface area contributed by atoms with Crippen molar-refractivity contribution in [1.82, 2.24) is 24.4 Å². The van der Waals surface area contributed by atoms with Crippen LogP contribution in [-0.2, 0) is 18.4 Å². The first kappa shape index (κ1) is 26.9. The second-order valence-corrected chi connectivity index (χ2v) is 9.33. The summed E-state index contributed by atoms with van der Waals surface area (Å²) in [6.45, 7) is 5.07. The number of piperazine rings is 1. The zero-order valence-electron chi connectivity index (χ0n) is 21.2. The van der Waals surface area contributed by atoms with Crippen molar-refractivity contribution >= 4 is 40.2 Å². The van der Waals surface area contributed by atoms with Gasteiger partial charge >= 0.3 is 5.95 Å². The molecular formula is C26H22ClF2N7O4. The van der Waals surface area contributed by atoms with E-state index in [9.17, 15) is 14.9 Å². The molecule has 0 bridgehead atoms. The van der Waals surface area contributed by atoms with Crippen LogP contribution in [0.25, 0.3) is 22.0 Å². The Morgan fingerprint density at radius 1 is 1.20 bits per heavy atom. The third kappa shape index (κ3) is 4.79. The van der Waals surface area contributed by atoms with Crippen LogP contribution >= 0.6 is 11.6 Å². The van der Waals surface area contributed by atoms with Crippen molar-refractivity contribution in [1.29, 1.82) is 0 Å². The van der Waals surface area contributed by atoms with E-state index in [1.165, 1.54) is 48.4 Å². The standard InChI is InChI=1S/C26H22ClF2N7O4/c1-3-20(37)34-7-9-35(10-8-34)25-16-11-17(27)21(23(29)24(16)31-14-32-25)22-18(28)5-4-6-19(22)40-13-15-12-30-26(33(15)2)36(38)39/h3-6,11-12,14H,1,7-10,13H2,2H3. The summed E-state index contributed by atoms with van der Waals surface area (Å²) < 4.78 is 38.3. The third-order valence-electron chi connectivity index (χ3n) is 6.69. The second kappa shape index (κ2) is 10.8. The van der Waals surface area contributed by atoms with Gasteiger partial charge in [-0.1, -0.05) is 29.2 Å². The Morgan fingerprint density at radius 2 is 1.95 bits per heavy atom. The summed E-state index contributed by atoms with van der Waals surface area (Å²) in [5, 5.41) is 11.3. The molecule has 14 heteroatoms. The smallest absolute Gasteiger partial charge is 0.434 e. The number of rotatable bonds is 7. The normalized spacial score (nSPS) is 13.5. The lowest BCUT2D eigenvalue weighted by Gasteiger charge is -2.35. The summed E-state index contributed by atoms with van der Waals surface area (Å²) in [5.74, 6) is -1.79. The van der Waals surface area contributed by atoms with Crippen molar-refractivity contribution < 1.29 is 23.2 Å². The van der Waals surface area contributed by atoms with Crippen molar-refractivity contribution in [2.75, 3.05) is 31.1 Å². The van der Waals surface area contributed by atoms with Crippen molar-refractivity contribution in [3.63, 3.8) is 0 Å². The molecule has 0 spiro atoms. The van der Waals surface area contributed by atoms with Crippen molar-refractivity contribution in [2.24, 2.45) is 7.05 Å². The molecule has 206 valence electrons. The van der Waals surface area contributed by atoms with E-state index in [2.05, 4.69) is 21.5 Å². The number of hydrogen-bond acceptors (Lipinski definition) is 8. The molecule has 0 radical (unpaired) electrons. The molecule has 1 amide bonds. The Bertz CT molecular complexity index is 1650. The minimum atomic E-state index is -0.863. The second-order valence-electron chi connectivity index (χ2n) is 8.92. The van der Waals surface area contributed by atoms with Crippen LogP contribution in [0.1, 0.15) is 5.69 Å². The molecule has 2 aromatic heterocycles. The van der Waals surface area contributed by atoms with Crippen molar-refractivity contribution in [3.05, 3.63) is 81.9 Å². The SMILES string of the molecule is C=CC(=O)N1CCN(c2ncnc3c(F)c(-c4c(F)cccc4OCc4cnc([N+](=O)[O-])n4C)c(Cl)cc23)CC1. The molecule has 1 fully saturated rings. The minimum Gasteiger partial charge on any atom is -0.485 e. The summed E-state index contributed by atoms with van der Waals surface area (Å²) in [6.07, 6.45) is 3.74. The Hall–Kier alpha value is -4.65. The molecule has 0 atom stereocenters. The van der Waals surface area contributed by atoms with E-state index in [1.807, 2.05) is 4.90 Å². The van der Waals surface area contributed by atoms with Crippen LogP contribution in [0.5, 0.6) is 5.75 Å². The number of carbonyl (C=O) groups excluding carboxylic acids is 1. The van der Waals surface area contributed by atoms with E-state index in [1.54, 1.807) is 4.90 Å². The molecule has 0 aliphatic carbocycles. The van der Waals surface area contributed by atoms with Gasteiger partial charge in [0, 0.05) is 37.1 Å². The first-order valence-electron chi connectivity index (χ1n) is 12.1. The third-order valence-corrected chi connectivity index (χ3v) is 6.99. The van der Waals surface area contributed by atoms with Gasteiger partial charge < -0.3 is 24.7 Å². The van der Waals surface area contributed by atoms with Gasteiger partial charge in [0.1, 0.15) is 42.0 Å². The van der Waals surface area contributed by atoms with Crippen molar-refractivity contribution in [3.8, 4) is 16.9 Å². The van der Waals surface area contributed by atoms with Gasteiger partial charge in [0.15, 0.2) is 11.5 Å². The van der Waals surface area contributed by atoms with Crippen LogP contribution in [0.15, 0.2) is 49.4 Å². The summed E-state index contributed by atoms with van der Waals surface area (Å²) in [7, 11) is 1.45. The highest BCUT2D eigenvalue weighted by Crippen LogP contribution is 2.42. The number of aromatic nitrogens is 4. The van der Waals surface area contributed by atoms with E-state index in [0.717, 1.165) is 6.07 Å². The number of nitro groups is 1. The average Bonchev–Trinajstić information content (AvgIpc) is 3.32. The molecule has 5 rings (SSSR count). The lowest BCUT2D eigenvalue weighted by molar-refractivity contribution is -0.396. The van der Waals surface area contributed by atoms with Gasteiger partial charge in [-0.25, -0.2) is 23.3 Å². The fourth-order valence-electron chi connectivity index (χ4n) is 4.62. The number of fused-ring (bicyclic) bond motifs is 1. The molecule has 40 heavy (non-hydrogen) atoms. The number of anilines is 1. The van der Waals surface area contributed by atoms with Gasteiger partial charge in [-0.05, 0) is 29.2 Å². The van der Waals surface area contributed by atoms with Gasteiger partial charge in [-0.2, -0.15) is 0 Å². The number of halogens is 3. The summed E-state index contributed by atoms with van der Waals surface area (Å²) >= 11 is 6.57. The Kier molecular flexibility index (Phi) is 7.30. The molecule has 1 aliphatic rings. The van der Waals surface area contributed by atoms with E-state index in [0.29, 0.717) is 43.1 Å². The monoisotopic (exact) mass is 569 g/mol. The number of carbonyl (C=O) groups is 1. The first-order chi connectivity index (χ1) is 19.2. The first-order valence-corrected chi connectivity index (χ1v) is 12.4. The van der Waals surface area contributed by atoms with Crippen LogP contribution in [0.3, 0.4) is 0 Å². The maximum Gasteiger partial charge on any atom is 0.434 e. The maximum absolute atomic E-state index is 16.1. The zero-order chi connectivity index (χ0) is 28.6. The van der Waals surface area contributed by atoms with Crippen LogP contribution in [0, 0.1) is 21.7 Å². The van der Waals surface area contributed by atoms with Gasteiger partial charge in [0.05, 0.1) is 17.6 Å². The van der Waals surface area contributed by atoms with Crippen LogP contribution in [0.4, 0.5) is 20.5 Å². The van der Waals surface area contributed by atoms with E-state index < -0.39 is 16.6 Å². The summed E-state index contributed by atoms with van der Waals surface area (Å²) in [4.78, 5) is 38.1. The molecule has 4 aromatic rings. The number of imidazole rings is 1. The van der Waals surface area contributed by atoms with E-state index >= 15 is 8.78 Å². The Labute approximate surface area is 231 Å². The average molecular weight is 570 g/mol. The molecule has 1 aliphatic heterocycles. The quantitative estimate of drug-likeness (QED) is 0.184. The Morgan fingerprint density at radius 3 is 2.62 bits per heavy atom. The van der Waals surface area contributed by atoms with Crippen LogP contribution in [0.2, 0.25) is 5.02 Å². The van der Waals surface area contributed by atoms with Crippen LogP contribution in [-0.4, -0.2) is 61.4 Å². The number of benzene rings is 2. The highest BCUT2D eigenvalue weighted by Gasteiger charge is 2.27. The van der Waals surface area contributed by atoms with Gasteiger partial charge in [0.2, 0.25) is 5.91 Å². The molecule has 0 unspecified atom stereocenters. The lowest BCUT2D eigenvalue weighted by Crippen LogP contribution is -2.48. The van der Waals surface area contributed by atoms with Gasteiger partial charge in [-0.3, -0.25) is 4.79 Å². The fourth-order valence-corrected chi connectivity index (χ4v) is 4.91. The number of amides is 1. The molecular weight excluding hydrogens is 548 g/mol. The molecule has 1 saturated heterocycles. The topological polar surface area (TPSA) is 120 Å². The molecule has 0 N–H and O–H groups in total. The van der Waals surface area contributed by atoms with E-state index in [-0.39, 0.29) is 45.9 Å². The number of hydrogen-bond donors (Lipinski definition) is 0. The predicted molar refractivity (Wildman–Crippen MR) is 143 cm³/mol. The van der Waals surface area contributed by atoms with Gasteiger partial charge in [0.25, 0.3) is 0 Å².